The fourth-order valence-electron chi connectivity index (χ4n) is 0.973. The van der Waals surface area contributed by atoms with Crippen molar-refractivity contribution in [2.45, 2.75) is 25.3 Å². The van der Waals surface area contributed by atoms with Gasteiger partial charge in [0, 0.05) is 35.3 Å². The van der Waals surface area contributed by atoms with Crippen molar-refractivity contribution in [3.8, 4) is 0 Å². The van der Waals surface area contributed by atoms with E-state index in [1.165, 1.54) is 0 Å². The van der Waals surface area contributed by atoms with E-state index in [-0.39, 0.29) is 19.0 Å². The zero-order chi connectivity index (χ0) is 7.07. The van der Waals surface area contributed by atoms with Crippen molar-refractivity contribution in [1.29, 1.82) is 0 Å². The molecule has 1 aliphatic heterocycles. The highest BCUT2D eigenvalue weighted by Gasteiger charge is 2.41. The molecule has 1 aliphatic rings. The van der Waals surface area contributed by atoms with Crippen LogP contribution in [0.25, 0.3) is 0 Å². The molecule has 1 atom stereocenters. The minimum atomic E-state index is -2.44. The lowest BCUT2D eigenvalue weighted by Crippen LogP contribution is -2.18. The highest BCUT2D eigenvalue weighted by molar-refractivity contribution is 14.1. The van der Waals surface area contributed by atoms with E-state index in [4.69, 9.17) is 0 Å². The number of rotatable bonds is 0. The van der Waals surface area contributed by atoms with Crippen molar-refractivity contribution >= 4 is 22.9 Å². The van der Waals surface area contributed by atoms with Gasteiger partial charge in [0.2, 0.25) is 0 Å². The molecule has 1 fully saturated rings. The van der Waals surface area contributed by atoms with Crippen LogP contribution < -0.4 is 0 Å². The van der Waals surface area contributed by atoms with Crippen LogP contribution in [-0.2, 0) is 0 Å². The highest BCUT2D eigenvalue weighted by Crippen LogP contribution is 2.33. The quantitative estimate of drug-likeness (QED) is 0.467. The van der Waals surface area contributed by atoms with E-state index in [1.54, 1.807) is 3.11 Å². The SMILES string of the molecule is CC1CC(F)(F)CN1I. The molecule has 0 aromatic carbocycles. The molecule has 0 aromatic heterocycles. The molecule has 0 aliphatic carbocycles. The van der Waals surface area contributed by atoms with E-state index in [9.17, 15) is 8.78 Å². The Kier molecular flexibility index (Phi) is 1.96. The van der Waals surface area contributed by atoms with E-state index in [2.05, 4.69) is 0 Å². The average Bonchev–Trinajstić information content (AvgIpc) is 1.79. The summed E-state index contributed by atoms with van der Waals surface area (Å²) >= 11 is 1.94. The van der Waals surface area contributed by atoms with Gasteiger partial charge in [0.1, 0.15) is 0 Å². The molecular weight excluding hydrogens is 239 g/mol. The number of hydrogen-bond donors (Lipinski definition) is 0. The molecule has 1 heterocycles. The zero-order valence-electron chi connectivity index (χ0n) is 5.07. The Morgan fingerprint density at radius 3 is 2.33 bits per heavy atom. The van der Waals surface area contributed by atoms with E-state index < -0.39 is 5.92 Å². The largest absolute Gasteiger partial charge is 0.262 e. The minimum Gasteiger partial charge on any atom is -0.239 e. The third kappa shape index (κ3) is 1.73. The molecule has 0 aromatic rings. The summed E-state index contributed by atoms with van der Waals surface area (Å²) < 4.78 is 26.4. The molecule has 1 nitrogen and oxygen atoms in total. The first-order chi connectivity index (χ1) is 4.01. The van der Waals surface area contributed by atoms with Crippen LogP contribution in [-0.4, -0.2) is 21.6 Å². The maximum atomic E-state index is 12.4. The number of alkyl halides is 2. The van der Waals surface area contributed by atoms with Crippen molar-refractivity contribution in [1.82, 2.24) is 3.11 Å². The zero-order valence-corrected chi connectivity index (χ0v) is 7.23. The topological polar surface area (TPSA) is 3.24 Å². The predicted molar refractivity (Wildman–Crippen MR) is 39.8 cm³/mol. The number of nitrogens with zero attached hydrogens (tertiary/aromatic N) is 1. The standard InChI is InChI=1S/C5H8F2IN/c1-4-2-5(6,7)3-9(4)8/h4H,2-3H2,1H3. The van der Waals surface area contributed by atoms with Crippen molar-refractivity contribution in [2.24, 2.45) is 0 Å². The summed E-state index contributed by atoms with van der Waals surface area (Å²) in [6, 6.07) is 0.0283. The Morgan fingerprint density at radius 2 is 2.22 bits per heavy atom. The molecule has 0 bridgehead atoms. The molecule has 0 amide bonds. The van der Waals surface area contributed by atoms with Crippen LogP contribution in [0.1, 0.15) is 13.3 Å². The predicted octanol–water partition coefficient (Wildman–Crippen LogP) is 2.07. The molecule has 0 radical (unpaired) electrons. The first-order valence-corrected chi connectivity index (χ1v) is 3.78. The molecule has 0 saturated carbocycles. The number of hydrogen-bond acceptors (Lipinski definition) is 1. The molecular formula is C5H8F2IN. The summed E-state index contributed by atoms with van der Waals surface area (Å²) in [6.07, 6.45) is 0.00986. The maximum absolute atomic E-state index is 12.4. The molecule has 54 valence electrons. The fourth-order valence-corrected chi connectivity index (χ4v) is 1.67. The van der Waals surface area contributed by atoms with Gasteiger partial charge in [-0.3, -0.25) is 0 Å². The van der Waals surface area contributed by atoms with Gasteiger partial charge in [-0.2, -0.15) is 0 Å². The van der Waals surface area contributed by atoms with Gasteiger partial charge >= 0.3 is 0 Å². The van der Waals surface area contributed by atoms with Gasteiger partial charge in [-0.1, -0.05) is 0 Å². The van der Waals surface area contributed by atoms with Crippen LogP contribution in [0.5, 0.6) is 0 Å². The van der Waals surface area contributed by atoms with E-state index in [0.717, 1.165) is 0 Å². The molecule has 9 heavy (non-hydrogen) atoms. The average molecular weight is 247 g/mol. The maximum Gasteiger partial charge on any atom is 0.262 e. The first kappa shape index (κ1) is 7.65. The van der Waals surface area contributed by atoms with Gasteiger partial charge < -0.3 is 0 Å². The summed E-state index contributed by atoms with van der Waals surface area (Å²) in [5.41, 5.74) is 0. The van der Waals surface area contributed by atoms with Crippen LogP contribution in [0.3, 0.4) is 0 Å². The van der Waals surface area contributed by atoms with Crippen LogP contribution in [0.2, 0.25) is 0 Å². The van der Waals surface area contributed by atoms with Crippen molar-refractivity contribution < 1.29 is 8.78 Å². The monoisotopic (exact) mass is 247 g/mol. The van der Waals surface area contributed by atoms with Crippen molar-refractivity contribution in [3.63, 3.8) is 0 Å². The summed E-state index contributed by atoms with van der Waals surface area (Å²) in [5.74, 6) is -2.44. The van der Waals surface area contributed by atoms with Crippen LogP contribution in [0, 0.1) is 0 Å². The van der Waals surface area contributed by atoms with Gasteiger partial charge in [0.25, 0.3) is 5.92 Å². The van der Waals surface area contributed by atoms with Gasteiger partial charge in [-0.05, 0) is 6.92 Å². The van der Waals surface area contributed by atoms with Crippen LogP contribution in [0.15, 0.2) is 0 Å². The second-order valence-electron chi connectivity index (χ2n) is 2.47. The van der Waals surface area contributed by atoms with E-state index >= 15 is 0 Å². The van der Waals surface area contributed by atoms with Gasteiger partial charge in [-0.25, -0.2) is 11.9 Å². The Bertz CT molecular complexity index is 106. The second kappa shape index (κ2) is 2.30. The first-order valence-electron chi connectivity index (χ1n) is 2.81. The van der Waals surface area contributed by atoms with Crippen molar-refractivity contribution in [3.05, 3.63) is 0 Å². The van der Waals surface area contributed by atoms with E-state index in [1.807, 2.05) is 29.8 Å². The van der Waals surface area contributed by atoms with Gasteiger partial charge in [0.15, 0.2) is 0 Å². The highest BCUT2D eigenvalue weighted by atomic mass is 127. The van der Waals surface area contributed by atoms with Crippen LogP contribution >= 0.6 is 22.9 Å². The molecule has 0 N–H and O–H groups in total. The Morgan fingerprint density at radius 1 is 1.67 bits per heavy atom. The Balaban J connectivity index is 2.54. The molecule has 1 rings (SSSR count). The lowest BCUT2D eigenvalue weighted by molar-refractivity contribution is 0.0187. The lowest BCUT2D eigenvalue weighted by Gasteiger charge is -2.08. The van der Waals surface area contributed by atoms with Gasteiger partial charge in [0.05, 0.1) is 6.54 Å². The third-order valence-electron chi connectivity index (χ3n) is 1.45. The van der Waals surface area contributed by atoms with Crippen LogP contribution in [0.4, 0.5) is 8.78 Å². The lowest BCUT2D eigenvalue weighted by atomic mass is 10.2. The molecule has 4 heteroatoms. The normalized spacial score (nSPS) is 35.3. The fraction of sp³-hybridized carbons (Fsp3) is 1.00. The summed E-state index contributed by atoms with van der Waals surface area (Å²) in [7, 11) is 0. The minimum absolute atomic E-state index is 0.00986. The van der Waals surface area contributed by atoms with Gasteiger partial charge in [-0.15, -0.1) is 0 Å². The summed E-state index contributed by atoms with van der Waals surface area (Å²) in [4.78, 5) is 0. The Hall–Kier alpha value is 0.550. The number of halogens is 3. The summed E-state index contributed by atoms with van der Waals surface area (Å²) in [6.45, 7) is 1.72. The molecule has 1 saturated heterocycles. The summed E-state index contributed by atoms with van der Waals surface area (Å²) in [5, 5.41) is 0. The molecule has 0 spiro atoms. The molecule has 1 unspecified atom stereocenters. The van der Waals surface area contributed by atoms with Crippen molar-refractivity contribution in [2.75, 3.05) is 6.54 Å². The Labute approximate surface area is 66.9 Å². The smallest absolute Gasteiger partial charge is 0.239 e. The third-order valence-corrected chi connectivity index (χ3v) is 2.75. The second-order valence-corrected chi connectivity index (χ2v) is 3.71. The van der Waals surface area contributed by atoms with E-state index in [0.29, 0.717) is 0 Å².